The maximum absolute atomic E-state index is 12.7. The number of aliphatic carboxylic acids is 1. The summed E-state index contributed by atoms with van der Waals surface area (Å²) in [5, 5.41) is 10.8. The number of carboxylic acids is 1. The average Bonchev–Trinajstić information content (AvgIpc) is 3.37. The van der Waals surface area contributed by atoms with Gasteiger partial charge in [-0.25, -0.2) is 4.79 Å². The van der Waals surface area contributed by atoms with Crippen molar-refractivity contribution in [3.8, 4) is 23.0 Å². The fourth-order valence-corrected chi connectivity index (χ4v) is 3.98. The van der Waals surface area contributed by atoms with Crippen LogP contribution in [0.1, 0.15) is 5.56 Å². The molecule has 1 saturated heterocycles. The zero-order valence-electron chi connectivity index (χ0n) is 17.7. The number of thioether (sulfide) groups is 1. The van der Waals surface area contributed by atoms with Crippen molar-refractivity contribution in [1.29, 1.82) is 0 Å². The van der Waals surface area contributed by atoms with Crippen molar-refractivity contribution in [3.05, 3.63) is 46.9 Å². The van der Waals surface area contributed by atoms with Crippen LogP contribution in [0.15, 0.2) is 41.3 Å². The summed E-state index contributed by atoms with van der Waals surface area (Å²) in [6.45, 7) is -0.898. The molecule has 3 amide bonds. The van der Waals surface area contributed by atoms with E-state index in [9.17, 15) is 19.2 Å². The van der Waals surface area contributed by atoms with E-state index >= 15 is 0 Å². The number of hydrogen-bond donors (Lipinski definition) is 2. The predicted octanol–water partition coefficient (Wildman–Crippen LogP) is 2.56. The van der Waals surface area contributed by atoms with Gasteiger partial charge in [0.1, 0.15) is 6.54 Å². The zero-order valence-corrected chi connectivity index (χ0v) is 18.5. The van der Waals surface area contributed by atoms with Gasteiger partial charge in [0.25, 0.3) is 11.1 Å². The number of ether oxygens (including phenoxy) is 4. The molecule has 34 heavy (non-hydrogen) atoms. The minimum absolute atomic E-state index is 0.0970. The van der Waals surface area contributed by atoms with Crippen LogP contribution in [0, 0.1) is 0 Å². The minimum atomic E-state index is -1.14. The van der Waals surface area contributed by atoms with Crippen molar-refractivity contribution in [2.45, 2.75) is 0 Å². The summed E-state index contributed by atoms with van der Waals surface area (Å²) in [7, 11) is 1.39. The first-order chi connectivity index (χ1) is 16.3. The van der Waals surface area contributed by atoms with Crippen LogP contribution in [0.3, 0.4) is 0 Å². The summed E-state index contributed by atoms with van der Waals surface area (Å²) in [5.41, 5.74) is 0.962. The number of carbonyl (C=O) groups is 4. The van der Waals surface area contributed by atoms with Crippen LogP contribution in [-0.4, -0.2) is 60.1 Å². The smallest absolute Gasteiger partial charge is 0.341 e. The summed E-state index contributed by atoms with van der Waals surface area (Å²) in [4.78, 5) is 49.2. The van der Waals surface area contributed by atoms with Gasteiger partial charge in [0.05, 0.1) is 12.0 Å². The lowest BCUT2D eigenvalue weighted by molar-refractivity contribution is -0.139. The van der Waals surface area contributed by atoms with Gasteiger partial charge in [-0.15, -0.1) is 0 Å². The Morgan fingerprint density at radius 2 is 1.94 bits per heavy atom. The molecule has 0 unspecified atom stereocenters. The first kappa shape index (κ1) is 23.0. The monoisotopic (exact) mass is 486 g/mol. The van der Waals surface area contributed by atoms with Crippen molar-refractivity contribution in [3.63, 3.8) is 0 Å². The van der Waals surface area contributed by atoms with Crippen molar-refractivity contribution >= 4 is 46.5 Å². The molecule has 2 aliphatic heterocycles. The highest BCUT2D eigenvalue weighted by atomic mass is 32.2. The number of imide groups is 1. The summed E-state index contributed by atoms with van der Waals surface area (Å²) in [6, 6.07) is 9.47. The maximum atomic E-state index is 12.7. The Balaban J connectivity index is 1.42. The highest BCUT2D eigenvalue weighted by Gasteiger charge is 2.36. The number of anilines is 1. The topological polar surface area (TPSA) is 141 Å². The number of nitrogens with zero attached hydrogens (tertiary/aromatic N) is 1. The van der Waals surface area contributed by atoms with Crippen LogP contribution in [0.25, 0.3) is 6.08 Å². The first-order valence-electron chi connectivity index (χ1n) is 9.81. The second-order valence-corrected chi connectivity index (χ2v) is 7.97. The number of benzene rings is 2. The molecule has 2 heterocycles. The van der Waals surface area contributed by atoms with Gasteiger partial charge in [0.15, 0.2) is 29.6 Å². The Bertz CT molecular complexity index is 1210. The number of nitrogens with one attached hydrogen (secondary N) is 1. The summed E-state index contributed by atoms with van der Waals surface area (Å²) >= 11 is 0.705. The van der Waals surface area contributed by atoms with Gasteiger partial charge in [-0.05, 0) is 47.7 Å². The van der Waals surface area contributed by atoms with Gasteiger partial charge in [0, 0.05) is 11.8 Å². The molecule has 0 aliphatic carbocycles. The molecule has 0 aromatic heterocycles. The average molecular weight is 486 g/mol. The lowest BCUT2D eigenvalue weighted by atomic mass is 10.2. The van der Waals surface area contributed by atoms with E-state index in [1.54, 1.807) is 24.3 Å². The number of fused-ring (bicyclic) bond motifs is 1. The van der Waals surface area contributed by atoms with E-state index in [4.69, 9.17) is 24.1 Å². The Kier molecular flexibility index (Phi) is 6.59. The van der Waals surface area contributed by atoms with Crippen LogP contribution in [0.4, 0.5) is 10.5 Å². The fraction of sp³-hybridized carbons (Fsp3) is 0.182. The molecule has 2 aliphatic rings. The summed E-state index contributed by atoms with van der Waals surface area (Å²) < 4.78 is 20.8. The van der Waals surface area contributed by atoms with E-state index in [1.165, 1.54) is 25.3 Å². The van der Waals surface area contributed by atoms with Gasteiger partial charge < -0.3 is 29.4 Å². The van der Waals surface area contributed by atoms with Crippen LogP contribution in [0.5, 0.6) is 23.0 Å². The minimum Gasteiger partial charge on any atom is -0.493 e. The summed E-state index contributed by atoms with van der Waals surface area (Å²) in [5.74, 6) is -0.769. The largest absolute Gasteiger partial charge is 0.493 e. The molecular formula is C22H18N2O9S. The van der Waals surface area contributed by atoms with Crippen molar-refractivity contribution in [2.24, 2.45) is 0 Å². The number of methoxy groups -OCH3 is 1. The van der Waals surface area contributed by atoms with Gasteiger partial charge in [-0.2, -0.15) is 0 Å². The maximum Gasteiger partial charge on any atom is 0.341 e. The second kappa shape index (κ2) is 9.75. The molecule has 0 atom stereocenters. The standard InChI is InChI=1S/C22H18N2O9S/c1-30-16-6-12(2-4-14(16)31-10-20(26)27)7-18-21(28)24(22(29)34-18)9-19(25)23-13-3-5-15-17(8-13)33-11-32-15/h2-8H,9-11H2,1H3,(H,23,25)(H,26,27). The number of hydrogen-bond acceptors (Lipinski definition) is 9. The molecule has 2 N–H and O–H groups in total. The van der Waals surface area contributed by atoms with Gasteiger partial charge >= 0.3 is 5.97 Å². The van der Waals surface area contributed by atoms with E-state index in [-0.39, 0.29) is 23.2 Å². The Morgan fingerprint density at radius 3 is 2.71 bits per heavy atom. The number of carbonyl (C=O) groups excluding carboxylic acids is 3. The quantitative estimate of drug-likeness (QED) is 0.535. The van der Waals surface area contributed by atoms with Crippen LogP contribution in [0.2, 0.25) is 0 Å². The molecule has 4 rings (SSSR count). The highest BCUT2D eigenvalue weighted by molar-refractivity contribution is 8.18. The van der Waals surface area contributed by atoms with Crippen LogP contribution in [-0.2, 0) is 14.4 Å². The van der Waals surface area contributed by atoms with E-state index in [0.29, 0.717) is 34.5 Å². The highest BCUT2D eigenvalue weighted by Crippen LogP contribution is 2.36. The third kappa shape index (κ3) is 5.07. The molecule has 0 spiro atoms. The Morgan fingerprint density at radius 1 is 1.15 bits per heavy atom. The number of rotatable bonds is 8. The SMILES string of the molecule is COc1cc(C=C2SC(=O)N(CC(=O)Nc3ccc4c(c3)OCO4)C2=O)ccc1OCC(=O)O. The summed E-state index contributed by atoms with van der Waals surface area (Å²) in [6.07, 6.45) is 1.48. The third-order valence-electron chi connectivity index (χ3n) is 4.67. The number of amides is 3. The molecule has 0 saturated carbocycles. The van der Waals surface area contributed by atoms with E-state index in [1.807, 2.05) is 0 Å². The molecule has 0 bridgehead atoms. The normalized spacial score (nSPS) is 15.6. The molecule has 11 nitrogen and oxygen atoms in total. The predicted molar refractivity (Wildman–Crippen MR) is 120 cm³/mol. The van der Waals surface area contributed by atoms with Crippen molar-refractivity contribution < 1.29 is 43.2 Å². The van der Waals surface area contributed by atoms with E-state index in [2.05, 4.69) is 5.32 Å². The lowest BCUT2D eigenvalue weighted by Gasteiger charge is -2.12. The van der Waals surface area contributed by atoms with Crippen molar-refractivity contribution in [1.82, 2.24) is 4.90 Å². The molecule has 1 fully saturated rings. The molecule has 176 valence electrons. The third-order valence-corrected chi connectivity index (χ3v) is 5.58. The van der Waals surface area contributed by atoms with E-state index < -0.39 is 36.2 Å². The fourth-order valence-electron chi connectivity index (χ4n) is 3.14. The first-order valence-corrected chi connectivity index (χ1v) is 10.6. The van der Waals surface area contributed by atoms with Gasteiger partial charge in [0.2, 0.25) is 12.7 Å². The molecule has 2 aromatic rings. The molecule has 0 radical (unpaired) electrons. The van der Waals surface area contributed by atoms with Gasteiger partial charge in [-0.3, -0.25) is 19.3 Å². The van der Waals surface area contributed by atoms with Crippen LogP contribution >= 0.6 is 11.8 Å². The second-order valence-electron chi connectivity index (χ2n) is 6.98. The van der Waals surface area contributed by atoms with Gasteiger partial charge in [-0.1, -0.05) is 6.07 Å². The molecular weight excluding hydrogens is 468 g/mol. The molecule has 2 aromatic carbocycles. The number of carboxylic acid groups (broad SMARTS) is 1. The Labute approximate surface area is 197 Å². The molecule has 12 heteroatoms. The van der Waals surface area contributed by atoms with Crippen molar-refractivity contribution in [2.75, 3.05) is 32.4 Å². The van der Waals surface area contributed by atoms with Crippen LogP contribution < -0.4 is 24.3 Å². The lowest BCUT2D eigenvalue weighted by Crippen LogP contribution is -2.36. The zero-order chi connectivity index (χ0) is 24.2. The Hall–Kier alpha value is -4.19. The van der Waals surface area contributed by atoms with E-state index in [0.717, 1.165) is 4.90 Å².